The molecule has 1 aromatic carbocycles. The van der Waals surface area contributed by atoms with Crippen molar-refractivity contribution in [3.8, 4) is 0 Å². The average Bonchev–Trinajstić information content (AvgIpc) is 3.27. The molecular formula is C21H27N3O3S3. The largest absolute Gasteiger partial charge is 0.368 e. The molecule has 6 nitrogen and oxygen atoms in total. The van der Waals surface area contributed by atoms with Crippen LogP contribution in [0, 0.1) is 13.8 Å². The number of amides is 1. The molecule has 1 aromatic heterocycles. The molecule has 3 heterocycles. The summed E-state index contributed by atoms with van der Waals surface area (Å²) >= 11 is 2.99. The number of sulfonamides is 1. The summed E-state index contributed by atoms with van der Waals surface area (Å²) in [5.41, 5.74) is 3.74. The van der Waals surface area contributed by atoms with E-state index in [0.29, 0.717) is 31.1 Å². The molecule has 0 atom stereocenters. The van der Waals surface area contributed by atoms with Crippen LogP contribution in [0.2, 0.25) is 0 Å². The van der Waals surface area contributed by atoms with Crippen LogP contribution in [0.1, 0.15) is 20.8 Å². The fraction of sp³-hybridized carbons (Fsp3) is 0.476. The molecule has 2 aliphatic heterocycles. The Bertz CT molecular complexity index is 1020. The number of thioether (sulfide) groups is 1. The first-order valence-electron chi connectivity index (χ1n) is 10.2. The van der Waals surface area contributed by atoms with Crippen LogP contribution >= 0.6 is 23.1 Å². The molecule has 0 bridgehead atoms. The summed E-state index contributed by atoms with van der Waals surface area (Å²) < 4.78 is 27.7. The van der Waals surface area contributed by atoms with Crippen molar-refractivity contribution < 1.29 is 13.2 Å². The smallest absolute Gasteiger partial charge is 0.265 e. The van der Waals surface area contributed by atoms with Gasteiger partial charge >= 0.3 is 0 Å². The van der Waals surface area contributed by atoms with Crippen LogP contribution in [0.15, 0.2) is 34.5 Å². The molecule has 9 heteroatoms. The molecule has 2 saturated heterocycles. The number of rotatable bonds is 4. The molecule has 0 aliphatic carbocycles. The zero-order valence-corrected chi connectivity index (χ0v) is 19.8. The van der Waals surface area contributed by atoms with Crippen molar-refractivity contribution in [2.24, 2.45) is 0 Å². The Hall–Kier alpha value is -1.55. The minimum Gasteiger partial charge on any atom is -0.368 e. The highest BCUT2D eigenvalue weighted by Crippen LogP contribution is 2.29. The zero-order chi connectivity index (χ0) is 21.3. The molecule has 1 amide bonds. The average molecular weight is 466 g/mol. The quantitative estimate of drug-likeness (QED) is 0.695. The Labute approximate surface area is 186 Å². The monoisotopic (exact) mass is 465 g/mol. The minimum absolute atomic E-state index is 0.168. The molecule has 0 N–H and O–H groups in total. The van der Waals surface area contributed by atoms with Gasteiger partial charge in [-0.05, 0) is 42.5 Å². The first-order valence-corrected chi connectivity index (χ1v) is 13.6. The van der Waals surface area contributed by atoms with E-state index >= 15 is 0 Å². The number of piperazine rings is 1. The van der Waals surface area contributed by atoms with Gasteiger partial charge in [0.1, 0.15) is 9.77 Å². The van der Waals surface area contributed by atoms with Crippen LogP contribution in [0.3, 0.4) is 0 Å². The molecule has 162 valence electrons. The molecule has 2 fully saturated rings. The van der Waals surface area contributed by atoms with Gasteiger partial charge in [-0.1, -0.05) is 12.1 Å². The van der Waals surface area contributed by atoms with Crippen LogP contribution < -0.4 is 4.90 Å². The third kappa shape index (κ3) is 4.12. The lowest BCUT2D eigenvalue weighted by Gasteiger charge is -2.37. The van der Waals surface area contributed by atoms with E-state index in [2.05, 4.69) is 36.9 Å². The molecule has 0 radical (unpaired) electrons. The molecule has 30 heavy (non-hydrogen) atoms. The number of carbonyl (C=O) groups is 1. The van der Waals surface area contributed by atoms with E-state index in [-0.39, 0.29) is 10.8 Å². The van der Waals surface area contributed by atoms with E-state index in [9.17, 15) is 13.2 Å². The molecular weight excluding hydrogens is 438 g/mol. The SMILES string of the molecule is Cc1cccc(N2CCN(C(=O)c3sccc3S(=O)(=O)N3CCSCC3)CC2)c1C. The molecule has 0 spiro atoms. The van der Waals surface area contributed by atoms with Gasteiger partial charge in [-0.3, -0.25) is 4.79 Å². The van der Waals surface area contributed by atoms with Gasteiger partial charge in [0.05, 0.1) is 0 Å². The first-order chi connectivity index (χ1) is 14.4. The van der Waals surface area contributed by atoms with Crippen molar-refractivity contribution in [2.75, 3.05) is 55.7 Å². The Morgan fingerprint density at radius 3 is 2.37 bits per heavy atom. The van der Waals surface area contributed by atoms with Crippen molar-refractivity contribution in [3.05, 3.63) is 45.6 Å². The standard InChI is InChI=1S/C21H27N3O3S3/c1-16-4-3-5-18(17(16)2)22-7-9-23(10-8-22)21(25)20-19(6-13-29-20)30(26,27)24-11-14-28-15-12-24/h3-6,13H,7-12,14-15H2,1-2H3. The summed E-state index contributed by atoms with van der Waals surface area (Å²) in [6, 6.07) is 7.89. The maximum absolute atomic E-state index is 13.2. The first kappa shape index (κ1) is 21.7. The van der Waals surface area contributed by atoms with Crippen LogP contribution in [0.5, 0.6) is 0 Å². The van der Waals surface area contributed by atoms with Gasteiger partial charge in [0.2, 0.25) is 10.0 Å². The normalized spacial score (nSPS) is 18.6. The lowest BCUT2D eigenvalue weighted by atomic mass is 10.1. The summed E-state index contributed by atoms with van der Waals surface area (Å²) in [4.78, 5) is 17.8. The maximum atomic E-state index is 13.2. The second-order valence-electron chi connectivity index (χ2n) is 7.63. The Morgan fingerprint density at radius 2 is 1.67 bits per heavy atom. The molecule has 2 aliphatic rings. The van der Waals surface area contributed by atoms with Crippen LogP contribution in [-0.2, 0) is 10.0 Å². The van der Waals surface area contributed by atoms with Gasteiger partial charge in [-0.15, -0.1) is 11.3 Å². The van der Waals surface area contributed by atoms with Crippen LogP contribution in [-0.4, -0.2) is 74.3 Å². The van der Waals surface area contributed by atoms with Crippen molar-refractivity contribution >= 4 is 44.7 Å². The number of nitrogens with zero attached hydrogens (tertiary/aromatic N) is 3. The molecule has 2 aromatic rings. The Balaban J connectivity index is 1.48. The number of anilines is 1. The highest BCUT2D eigenvalue weighted by molar-refractivity contribution is 7.99. The van der Waals surface area contributed by atoms with E-state index in [4.69, 9.17) is 0 Å². The highest BCUT2D eigenvalue weighted by atomic mass is 32.2. The molecule has 0 unspecified atom stereocenters. The summed E-state index contributed by atoms with van der Waals surface area (Å²) in [6.07, 6.45) is 0. The zero-order valence-electron chi connectivity index (χ0n) is 17.3. The third-order valence-electron chi connectivity index (χ3n) is 5.89. The summed E-state index contributed by atoms with van der Waals surface area (Å²) in [5.74, 6) is 1.43. The summed E-state index contributed by atoms with van der Waals surface area (Å²) in [7, 11) is -3.62. The summed E-state index contributed by atoms with van der Waals surface area (Å²) in [5, 5.41) is 1.71. The van der Waals surface area contributed by atoms with Crippen molar-refractivity contribution in [1.29, 1.82) is 0 Å². The lowest BCUT2D eigenvalue weighted by Crippen LogP contribution is -2.49. The van der Waals surface area contributed by atoms with Crippen molar-refractivity contribution in [3.63, 3.8) is 0 Å². The Morgan fingerprint density at radius 1 is 0.967 bits per heavy atom. The minimum atomic E-state index is -3.62. The second-order valence-corrected chi connectivity index (χ2v) is 11.7. The third-order valence-corrected chi connectivity index (χ3v) is 9.81. The van der Waals surface area contributed by atoms with Crippen molar-refractivity contribution in [1.82, 2.24) is 9.21 Å². The van der Waals surface area contributed by atoms with E-state index in [1.165, 1.54) is 32.5 Å². The van der Waals surface area contributed by atoms with Crippen LogP contribution in [0.25, 0.3) is 0 Å². The van der Waals surface area contributed by atoms with Crippen LogP contribution in [0.4, 0.5) is 5.69 Å². The summed E-state index contributed by atoms with van der Waals surface area (Å²) in [6.45, 7) is 7.91. The molecule has 0 saturated carbocycles. The number of hydrogen-bond donors (Lipinski definition) is 0. The lowest BCUT2D eigenvalue weighted by molar-refractivity contribution is 0.0748. The van der Waals surface area contributed by atoms with Gasteiger partial charge in [-0.2, -0.15) is 16.1 Å². The second kappa shape index (κ2) is 8.90. The number of thiophene rings is 1. The van der Waals surface area contributed by atoms with Gasteiger partial charge in [0.25, 0.3) is 5.91 Å². The molecule has 4 rings (SSSR count). The topological polar surface area (TPSA) is 60.9 Å². The van der Waals surface area contributed by atoms with Gasteiger partial charge < -0.3 is 9.80 Å². The van der Waals surface area contributed by atoms with E-state index in [1.807, 2.05) is 0 Å². The fourth-order valence-electron chi connectivity index (χ4n) is 3.95. The van der Waals surface area contributed by atoms with Gasteiger partial charge in [0, 0.05) is 56.5 Å². The highest BCUT2D eigenvalue weighted by Gasteiger charge is 2.33. The maximum Gasteiger partial charge on any atom is 0.265 e. The van der Waals surface area contributed by atoms with Crippen molar-refractivity contribution in [2.45, 2.75) is 18.7 Å². The number of aryl methyl sites for hydroxylation is 1. The van der Waals surface area contributed by atoms with E-state index < -0.39 is 10.0 Å². The van der Waals surface area contributed by atoms with E-state index in [1.54, 1.807) is 28.1 Å². The van der Waals surface area contributed by atoms with E-state index in [0.717, 1.165) is 24.6 Å². The predicted molar refractivity (Wildman–Crippen MR) is 124 cm³/mol. The van der Waals surface area contributed by atoms with Gasteiger partial charge in [0.15, 0.2) is 0 Å². The predicted octanol–water partition coefficient (Wildman–Crippen LogP) is 3.06. The number of carbonyl (C=O) groups excluding carboxylic acids is 1. The number of hydrogen-bond acceptors (Lipinski definition) is 6. The Kier molecular flexibility index (Phi) is 6.43. The fourth-order valence-corrected chi connectivity index (χ4v) is 7.89. The number of benzene rings is 1. The van der Waals surface area contributed by atoms with Gasteiger partial charge in [-0.25, -0.2) is 8.42 Å².